The lowest BCUT2D eigenvalue weighted by molar-refractivity contribution is 0.0607. The van der Waals surface area contributed by atoms with Gasteiger partial charge in [-0.2, -0.15) is 0 Å². The van der Waals surface area contributed by atoms with E-state index in [1.165, 1.54) is 0 Å². The van der Waals surface area contributed by atoms with Crippen LogP contribution in [0.2, 0.25) is 0 Å². The number of fused-ring (bicyclic) bond motifs is 4. The van der Waals surface area contributed by atoms with Crippen LogP contribution in [-0.4, -0.2) is 48.6 Å². The number of hydrogen-bond acceptors (Lipinski definition) is 4. The van der Waals surface area contributed by atoms with Crippen molar-refractivity contribution >= 4 is 28.6 Å². The summed E-state index contributed by atoms with van der Waals surface area (Å²) in [6.45, 7) is 7.03. The summed E-state index contributed by atoms with van der Waals surface area (Å²) in [7, 11) is 0. The number of carbonyl (C=O) groups excluding carboxylic acids is 2. The Morgan fingerprint density at radius 1 is 1.06 bits per heavy atom. The highest BCUT2D eigenvalue weighted by Gasteiger charge is 2.35. The molecule has 1 unspecified atom stereocenters. The molecule has 3 aromatic rings. The smallest absolute Gasteiger partial charge is 0.319 e. The van der Waals surface area contributed by atoms with Crippen LogP contribution in [0.4, 0.5) is 10.5 Å². The van der Waals surface area contributed by atoms with Gasteiger partial charge in [-0.1, -0.05) is 30.3 Å². The SMILES string of the molecule is CC(C)NC(=O)Nc1cccc(-c2cccc3cc(C(=O)NC4CN5CCC4CC5)oc23)c1. The molecule has 3 amide bonds. The van der Waals surface area contributed by atoms with Gasteiger partial charge in [-0.25, -0.2) is 4.79 Å². The van der Waals surface area contributed by atoms with Gasteiger partial charge < -0.3 is 25.3 Å². The molecular formula is C26H30N4O3. The molecule has 6 rings (SSSR count). The summed E-state index contributed by atoms with van der Waals surface area (Å²) in [5.74, 6) is 0.734. The summed E-state index contributed by atoms with van der Waals surface area (Å²) >= 11 is 0. The maximum Gasteiger partial charge on any atom is 0.319 e. The molecular weight excluding hydrogens is 416 g/mol. The molecule has 0 saturated carbocycles. The quantitative estimate of drug-likeness (QED) is 0.540. The molecule has 7 nitrogen and oxygen atoms in total. The summed E-state index contributed by atoms with van der Waals surface area (Å²) in [4.78, 5) is 27.5. The summed E-state index contributed by atoms with van der Waals surface area (Å²) in [6, 6.07) is 15.3. The van der Waals surface area contributed by atoms with Crippen LogP contribution in [0.15, 0.2) is 52.9 Å². The molecule has 172 valence electrons. The second-order valence-electron chi connectivity index (χ2n) is 9.39. The Hall–Kier alpha value is -3.32. The van der Waals surface area contributed by atoms with E-state index in [4.69, 9.17) is 4.42 Å². The first kappa shape index (κ1) is 21.5. The Morgan fingerprint density at radius 2 is 1.85 bits per heavy atom. The highest BCUT2D eigenvalue weighted by molar-refractivity contribution is 6.00. The number of anilines is 1. The summed E-state index contributed by atoms with van der Waals surface area (Å²) in [6.07, 6.45) is 2.30. The molecule has 0 spiro atoms. The van der Waals surface area contributed by atoms with Crippen LogP contribution in [0.3, 0.4) is 0 Å². The maximum atomic E-state index is 13.0. The van der Waals surface area contributed by atoms with Gasteiger partial charge in [0.05, 0.1) is 0 Å². The van der Waals surface area contributed by atoms with E-state index in [0.717, 1.165) is 49.0 Å². The van der Waals surface area contributed by atoms with Crippen LogP contribution in [0, 0.1) is 5.92 Å². The van der Waals surface area contributed by atoms with Crippen molar-refractivity contribution in [1.82, 2.24) is 15.5 Å². The van der Waals surface area contributed by atoms with Crippen molar-refractivity contribution in [3.8, 4) is 11.1 Å². The van der Waals surface area contributed by atoms with Gasteiger partial charge in [0, 0.05) is 35.3 Å². The van der Waals surface area contributed by atoms with Crippen molar-refractivity contribution in [2.24, 2.45) is 5.92 Å². The van der Waals surface area contributed by atoms with E-state index < -0.39 is 0 Å². The topological polar surface area (TPSA) is 86.6 Å². The van der Waals surface area contributed by atoms with E-state index in [1.54, 1.807) is 0 Å². The van der Waals surface area contributed by atoms with E-state index >= 15 is 0 Å². The minimum absolute atomic E-state index is 0.0515. The third-order valence-corrected chi connectivity index (χ3v) is 6.59. The normalized spacial score (nSPS) is 21.8. The molecule has 0 radical (unpaired) electrons. The predicted molar refractivity (Wildman–Crippen MR) is 129 cm³/mol. The molecule has 2 aromatic carbocycles. The zero-order chi connectivity index (χ0) is 22.9. The molecule has 3 aliphatic heterocycles. The van der Waals surface area contributed by atoms with Crippen molar-refractivity contribution in [2.75, 3.05) is 25.0 Å². The fourth-order valence-corrected chi connectivity index (χ4v) is 4.96. The Kier molecular flexibility index (Phi) is 5.81. The van der Waals surface area contributed by atoms with Crippen molar-refractivity contribution in [3.63, 3.8) is 0 Å². The summed E-state index contributed by atoms with van der Waals surface area (Å²) in [5, 5.41) is 9.77. The Labute approximate surface area is 193 Å². The minimum atomic E-state index is -0.245. The first-order chi connectivity index (χ1) is 16.0. The number of hydrogen-bond donors (Lipinski definition) is 3. The first-order valence-electron chi connectivity index (χ1n) is 11.7. The van der Waals surface area contributed by atoms with Gasteiger partial charge in [-0.05, 0) is 69.5 Å². The molecule has 2 bridgehead atoms. The lowest BCUT2D eigenvalue weighted by Gasteiger charge is -2.44. The number of amides is 3. The Bertz CT molecular complexity index is 1180. The lowest BCUT2D eigenvalue weighted by Crippen LogP contribution is -2.57. The van der Waals surface area contributed by atoms with Crippen molar-refractivity contribution in [1.29, 1.82) is 0 Å². The minimum Gasteiger partial charge on any atom is -0.450 e. The second kappa shape index (κ2) is 8.90. The fourth-order valence-electron chi connectivity index (χ4n) is 4.96. The number of benzene rings is 2. The molecule has 33 heavy (non-hydrogen) atoms. The van der Waals surface area contributed by atoms with E-state index in [1.807, 2.05) is 62.4 Å². The maximum absolute atomic E-state index is 13.0. The zero-order valence-corrected chi connectivity index (χ0v) is 19.1. The number of furan rings is 1. The first-order valence-corrected chi connectivity index (χ1v) is 11.7. The van der Waals surface area contributed by atoms with E-state index in [-0.39, 0.29) is 24.0 Å². The number of urea groups is 1. The fraction of sp³-hybridized carbons (Fsp3) is 0.385. The van der Waals surface area contributed by atoms with Gasteiger partial charge in [0.25, 0.3) is 5.91 Å². The van der Waals surface area contributed by atoms with Gasteiger partial charge in [0.2, 0.25) is 0 Å². The predicted octanol–water partition coefficient (Wildman–Crippen LogP) is 4.45. The van der Waals surface area contributed by atoms with Crippen LogP contribution in [0.1, 0.15) is 37.2 Å². The molecule has 3 saturated heterocycles. The van der Waals surface area contributed by atoms with E-state index in [2.05, 4.69) is 20.9 Å². The van der Waals surface area contributed by atoms with Gasteiger partial charge in [-0.3, -0.25) is 4.79 Å². The van der Waals surface area contributed by atoms with Gasteiger partial charge in [0.1, 0.15) is 5.58 Å². The van der Waals surface area contributed by atoms with Crippen LogP contribution < -0.4 is 16.0 Å². The molecule has 1 aromatic heterocycles. The largest absolute Gasteiger partial charge is 0.450 e. The van der Waals surface area contributed by atoms with Crippen LogP contribution in [-0.2, 0) is 0 Å². The number of nitrogens with zero attached hydrogens (tertiary/aromatic N) is 1. The number of carbonyl (C=O) groups is 2. The summed E-state index contributed by atoms with van der Waals surface area (Å²) in [5.41, 5.74) is 3.14. The van der Waals surface area contributed by atoms with E-state index in [9.17, 15) is 9.59 Å². The molecule has 3 N–H and O–H groups in total. The number of piperidine rings is 3. The summed E-state index contributed by atoms with van der Waals surface area (Å²) < 4.78 is 6.09. The van der Waals surface area contributed by atoms with Crippen molar-refractivity contribution in [2.45, 2.75) is 38.8 Å². The third kappa shape index (κ3) is 4.59. The number of nitrogens with one attached hydrogen (secondary N) is 3. The van der Waals surface area contributed by atoms with Gasteiger partial charge in [0.15, 0.2) is 5.76 Å². The average molecular weight is 447 g/mol. The highest BCUT2D eigenvalue weighted by atomic mass is 16.3. The zero-order valence-electron chi connectivity index (χ0n) is 19.1. The van der Waals surface area contributed by atoms with E-state index in [0.29, 0.717) is 22.9 Å². The van der Waals surface area contributed by atoms with Crippen LogP contribution in [0.5, 0.6) is 0 Å². The molecule has 1 atom stereocenters. The molecule has 3 aliphatic rings. The molecule has 3 fully saturated rings. The lowest BCUT2D eigenvalue weighted by atomic mass is 9.84. The van der Waals surface area contributed by atoms with Crippen LogP contribution >= 0.6 is 0 Å². The molecule has 7 heteroatoms. The number of para-hydroxylation sites is 1. The van der Waals surface area contributed by atoms with Gasteiger partial charge >= 0.3 is 6.03 Å². The van der Waals surface area contributed by atoms with Crippen molar-refractivity contribution in [3.05, 3.63) is 54.3 Å². The Balaban J connectivity index is 1.37. The standard InChI is InChI=1S/C26H30N4O3/c1-16(2)27-26(32)28-20-7-3-5-18(13-20)21-8-4-6-19-14-23(33-24(19)21)25(31)29-22-15-30-11-9-17(22)10-12-30/h3-8,13-14,16-17,22H,9-12,15H2,1-2H3,(H,29,31)(H2,27,28,32). The number of rotatable bonds is 5. The second-order valence-corrected chi connectivity index (χ2v) is 9.39. The average Bonchev–Trinajstić information content (AvgIpc) is 3.24. The van der Waals surface area contributed by atoms with Crippen molar-refractivity contribution < 1.29 is 14.0 Å². The third-order valence-electron chi connectivity index (χ3n) is 6.59. The van der Waals surface area contributed by atoms with Crippen LogP contribution in [0.25, 0.3) is 22.1 Å². The molecule has 4 heterocycles. The monoisotopic (exact) mass is 446 g/mol. The molecule has 0 aliphatic carbocycles. The highest BCUT2D eigenvalue weighted by Crippen LogP contribution is 2.33. The van der Waals surface area contributed by atoms with Gasteiger partial charge in [-0.15, -0.1) is 0 Å². The Morgan fingerprint density at radius 3 is 2.58 bits per heavy atom.